The van der Waals surface area contributed by atoms with Crippen molar-refractivity contribution in [3.05, 3.63) is 33.8 Å². The van der Waals surface area contributed by atoms with Gasteiger partial charge in [-0.25, -0.2) is 0 Å². The predicted molar refractivity (Wildman–Crippen MR) is 102 cm³/mol. The van der Waals surface area contributed by atoms with Crippen molar-refractivity contribution in [1.29, 1.82) is 0 Å². The van der Waals surface area contributed by atoms with Gasteiger partial charge in [-0.05, 0) is 45.4 Å². The molecule has 0 spiro atoms. The van der Waals surface area contributed by atoms with Crippen molar-refractivity contribution in [2.75, 3.05) is 13.1 Å². The number of hydrogen-bond acceptors (Lipinski definition) is 2. The number of hydrogen-bond donors (Lipinski definition) is 3. The van der Waals surface area contributed by atoms with E-state index in [9.17, 15) is 4.79 Å². The number of nitrogens with zero attached hydrogens (tertiary/aromatic N) is 1. The quantitative estimate of drug-likeness (QED) is 0.506. The number of aliphatic imine (C=N–C) groups is 1. The Morgan fingerprint density at radius 3 is 2.50 bits per heavy atom. The Bertz CT molecular complexity index is 576. The molecule has 1 amide bonds. The van der Waals surface area contributed by atoms with Crippen molar-refractivity contribution >= 4 is 35.1 Å². The maximum absolute atomic E-state index is 11.7. The predicted octanol–water partition coefficient (Wildman–Crippen LogP) is 3.52. The van der Waals surface area contributed by atoms with Gasteiger partial charge in [-0.3, -0.25) is 9.79 Å². The van der Waals surface area contributed by atoms with Crippen LogP contribution in [0.5, 0.6) is 0 Å². The van der Waals surface area contributed by atoms with E-state index in [1.165, 1.54) is 0 Å². The number of amides is 1. The number of halogens is 2. The van der Waals surface area contributed by atoms with Crippen LogP contribution in [0.4, 0.5) is 0 Å². The first kappa shape index (κ1) is 20.6. The smallest absolute Gasteiger partial charge is 0.222 e. The molecule has 1 aromatic rings. The molecule has 0 bridgehead atoms. The standard InChI is InChI=1S/C17H26Cl2N4O/c1-5-20-17(21-9-8-16(24)22-11(2)3)23-12(4)14-7-6-13(18)10-15(14)19/h6-7,10-12H,5,8-9H2,1-4H3,(H,22,24)(H2,20,21,23). The number of nitrogens with one attached hydrogen (secondary N) is 3. The van der Waals surface area contributed by atoms with Gasteiger partial charge in [0.05, 0.1) is 12.6 Å². The molecule has 134 valence electrons. The van der Waals surface area contributed by atoms with Crippen LogP contribution in [-0.2, 0) is 4.79 Å². The molecule has 0 aliphatic rings. The van der Waals surface area contributed by atoms with Gasteiger partial charge < -0.3 is 16.0 Å². The summed E-state index contributed by atoms with van der Waals surface area (Å²) in [6.45, 7) is 8.99. The van der Waals surface area contributed by atoms with E-state index in [0.29, 0.717) is 29.0 Å². The van der Waals surface area contributed by atoms with Gasteiger partial charge in [0.25, 0.3) is 0 Å². The summed E-state index contributed by atoms with van der Waals surface area (Å²) in [6.07, 6.45) is 0.352. The van der Waals surface area contributed by atoms with E-state index >= 15 is 0 Å². The molecule has 1 atom stereocenters. The molecule has 0 aromatic heterocycles. The van der Waals surface area contributed by atoms with E-state index < -0.39 is 0 Å². The highest BCUT2D eigenvalue weighted by Crippen LogP contribution is 2.25. The lowest BCUT2D eigenvalue weighted by Crippen LogP contribution is -2.39. The lowest BCUT2D eigenvalue weighted by atomic mass is 10.1. The Morgan fingerprint density at radius 1 is 1.21 bits per heavy atom. The van der Waals surface area contributed by atoms with Crippen LogP contribution in [0.25, 0.3) is 0 Å². The number of carbonyl (C=O) groups excluding carboxylic acids is 1. The molecule has 0 saturated heterocycles. The topological polar surface area (TPSA) is 65.5 Å². The monoisotopic (exact) mass is 372 g/mol. The second kappa shape index (κ2) is 10.4. The molecule has 0 fully saturated rings. The molecule has 0 radical (unpaired) electrons. The maximum Gasteiger partial charge on any atom is 0.222 e. The third kappa shape index (κ3) is 7.41. The summed E-state index contributed by atoms with van der Waals surface area (Å²) < 4.78 is 0. The minimum absolute atomic E-state index is 0.00149. The second-order valence-electron chi connectivity index (χ2n) is 5.76. The van der Waals surface area contributed by atoms with Crippen LogP contribution in [0, 0.1) is 0 Å². The van der Waals surface area contributed by atoms with Gasteiger partial charge in [-0.2, -0.15) is 0 Å². The zero-order chi connectivity index (χ0) is 18.1. The normalized spacial score (nSPS) is 12.9. The largest absolute Gasteiger partial charge is 0.357 e. The fraction of sp³-hybridized carbons (Fsp3) is 0.529. The van der Waals surface area contributed by atoms with Crippen molar-refractivity contribution in [3.8, 4) is 0 Å². The summed E-state index contributed by atoms with van der Waals surface area (Å²) in [4.78, 5) is 16.1. The van der Waals surface area contributed by atoms with Crippen molar-refractivity contribution in [2.45, 2.75) is 46.2 Å². The Labute approximate surface area is 154 Å². The molecule has 0 saturated carbocycles. The summed E-state index contributed by atoms with van der Waals surface area (Å²) >= 11 is 12.2. The van der Waals surface area contributed by atoms with Crippen LogP contribution in [0.1, 0.15) is 45.7 Å². The second-order valence-corrected chi connectivity index (χ2v) is 6.61. The van der Waals surface area contributed by atoms with Crippen LogP contribution < -0.4 is 16.0 Å². The Kier molecular flexibility index (Phi) is 8.93. The van der Waals surface area contributed by atoms with Crippen LogP contribution >= 0.6 is 23.2 Å². The third-order valence-electron chi connectivity index (χ3n) is 3.18. The average molecular weight is 373 g/mol. The van der Waals surface area contributed by atoms with Crippen molar-refractivity contribution in [2.24, 2.45) is 4.99 Å². The first-order valence-corrected chi connectivity index (χ1v) is 8.88. The van der Waals surface area contributed by atoms with Gasteiger partial charge in [-0.15, -0.1) is 0 Å². The van der Waals surface area contributed by atoms with Crippen LogP contribution in [0.3, 0.4) is 0 Å². The average Bonchev–Trinajstić information content (AvgIpc) is 2.46. The van der Waals surface area contributed by atoms with E-state index in [0.717, 1.165) is 12.1 Å². The van der Waals surface area contributed by atoms with Crippen LogP contribution in [-0.4, -0.2) is 31.0 Å². The molecule has 3 N–H and O–H groups in total. The zero-order valence-corrected chi connectivity index (χ0v) is 16.1. The maximum atomic E-state index is 11.7. The van der Waals surface area contributed by atoms with Gasteiger partial charge in [0.2, 0.25) is 5.91 Å². The van der Waals surface area contributed by atoms with E-state index in [1.807, 2.05) is 33.8 Å². The molecule has 0 heterocycles. The molecule has 24 heavy (non-hydrogen) atoms. The highest BCUT2D eigenvalue weighted by molar-refractivity contribution is 6.35. The number of carbonyl (C=O) groups is 1. The number of guanidine groups is 1. The van der Waals surface area contributed by atoms with E-state index in [1.54, 1.807) is 12.1 Å². The van der Waals surface area contributed by atoms with Gasteiger partial charge in [0, 0.05) is 29.1 Å². The SMILES string of the molecule is CCNC(=NCCC(=O)NC(C)C)NC(C)c1ccc(Cl)cc1Cl. The Hall–Kier alpha value is -1.46. The van der Waals surface area contributed by atoms with Gasteiger partial charge in [0.1, 0.15) is 0 Å². The summed E-state index contributed by atoms with van der Waals surface area (Å²) in [7, 11) is 0. The van der Waals surface area contributed by atoms with Crippen molar-refractivity contribution in [3.63, 3.8) is 0 Å². The van der Waals surface area contributed by atoms with Crippen molar-refractivity contribution < 1.29 is 4.79 Å². The molecular weight excluding hydrogens is 347 g/mol. The minimum Gasteiger partial charge on any atom is -0.357 e. The number of rotatable bonds is 7. The first-order chi connectivity index (χ1) is 11.3. The highest BCUT2D eigenvalue weighted by atomic mass is 35.5. The molecule has 1 unspecified atom stereocenters. The highest BCUT2D eigenvalue weighted by Gasteiger charge is 2.12. The Morgan fingerprint density at radius 2 is 1.92 bits per heavy atom. The minimum atomic E-state index is -0.0444. The molecule has 1 rings (SSSR count). The molecule has 0 aliphatic carbocycles. The van der Waals surface area contributed by atoms with Crippen LogP contribution in [0.2, 0.25) is 10.0 Å². The molecule has 7 heteroatoms. The molecule has 0 aliphatic heterocycles. The zero-order valence-electron chi connectivity index (χ0n) is 14.6. The van der Waals surface area contributed by atoms with Gasteiger partial charge in [0.15, 0.2) is 5.96 Å². The third-order valence-corrected chi connectivity index (χ3v) is 3.75. The summed E-state index contributed by atoms with van der Waals surface area (Å²) in [5.41, 5.74) is 0.934. The lowest BCUT2D eigenvalue weighted by Gasteiger charge is -2.19. The first-order valence-electron chi connectivity index (χ1n) is 8.12. The van der Waals surface area contributed by atoms with Gasteiger partial charge in [-0.1, -0.05) is 29.3 Å². The fourth-order valence-corrected chi connectivity index (χ4v) is 2.69. The molecular formula is C17H26Cl2N4O. The summed E-state index contributed by atoms with van der Waals surface area (Å²) in [5, 5.41) is 10.5. The lowest BCUT2D eigenvalue weighted by molar-refractivity contribution is -0.121. The molecule has 1 aromatic carbocycles. The fourth-order valence-electron chi connectivity index (χ4n) is 2.12. The van der Waals surface area contributed by atoms with E-state index in [4.69, 9.17) is 23.2 Å². The summed E-state index contributed by atoms with van der Waals surface area (Å²) in [6, 6.07) is 5.51. The van der Waals surface area contributed by atoms with Gasteiger partial charge >= 0.3 is 0 Å². The Balaban J connectivity index is 2.67. The number of benzene rings is 1. The van der Waals surface area contributed by atoms with E-state index in [2.05, 4.69) is 20.9 Å². The van der Waals surface area contributed by atoms with Crippen molar-refractivity contribution in [1.82, 2.24) is 16.0 Å². The summed E-state index contributed by atoms with van der Waals surface area (Å²) in [5.74, 6) is 0.645. The molecule has 5 nitrogen and oxygen atoms in total. The van der Waals surface area contributed by atoms with Crippen LogP contribution in [0.15, 0.2) is 23.2 Å². The van der Waals surface area contributed by atoms with E-state index in [-0.39, 0.29) is 18.0 Å².